The molecule has 0 aliphatic rings. The van der Waals surface area contributed by atoms with Crippen LogP contribution in [0.25, 0.3) is 0 Å². The van der Waals surface area contributed by atoms with Crippen LogP contribution < -0.4 is 5.32 Å². The van der Waals surface area contributed by atoms with Gasteiger partial charge in [-0.3, -0.25) is 4.68 Å². The van der Waals surface area contributed by atoms with Crippen molar-refractivity contribution < 1.29 is 0 Å². The smallest absolute Gasteiger partial charge is 0.0627 e. The molecule has 0 saturated heterocycles. The van der Waals surface area contributed by atoms with Crippen molar-refractivity contribution in [2.75, 3.05) is 13.1 Å². The van der Waals surface area contributed by atoms with Crippen molar-refractivity contribution in [2.24, 2.45) is 13.0 Å². The van der Waals surface area contributed by atoms with Crippen LogP contribution in [0.3, 0.4) is 0 Å². The normalized spacial score (nSPS) is 12.5. The van der Waals surface area contributed by atoms with Crippen LogP contribution in [0, 0.1) is 12.8 Å². The number of nitrogens with zero attached hydrogens (tertiary/aromatic N) is 2. The summed E-state index contributed by atoms with van der Waals surface area (Å²) in [5.74, 6) is 0.591. The highest BCUT2D eigenvalue weighted by Gasteiger charge is 2.12. The molecule has 0 aliphatic heterocycles. The lowest BCUT2D eigenvalue weighted by molar-refractivity contribution is 0.464. The van der Waals surface area contributed by atoms with Crippen molar-refractivity contribution in [1.82, 2.24) is 15.1 Å². The summed E-state index contributed by atoms with van der Waals surface area (Å²) < 4.78 is 1.89. The molecule has 0 bridgehead atoms. The maximum absolute atomic E-state index is 4.53. The van der Waals surface area contributed by atoms with Crippen LogP contribution in [-0.4, -0.2) is 22.9 Å². The monoisotopic (exact) mass is 285 g/mol. The van der Waals surface area contributed by atoms with Crippen LogP contribution in [0.15, 0.2) is 36.5 Å². The minimum atomic E-state index is 0.591. The molecule has 0 spiro atoms. The highest BCUT2D eigenvalue weighted by molar-refractivity contribution is 5.23. The molecular formula is C18H27N3. The second-order valence-electron chi connectivity index (χ2n) is 5.95. The average Bonchev–Trinajstić information content (AvgIpc) is 2.84. The molecule has 3 nitrogen and oxygen atoms in total. The minimum absolute atomic E-state index is 0.591. The first-order valence-corrected chi connectivity index (χ1v) is 7.92. The predicted molar refractivity (Wildman–Crippen MR) is 88.4 cm³/mol. The molecular weight excluding hydrogens is 258 g/mol. The van der Waals surface area contributed by atoms with E-state index in [2.05, 4.69) is 54.6 Å². The van der Waals surface area contributed by atoms with Crippen LogP contribution in [0.1, 0.15) is 30.2 Å². The summed E-state index contributed by atoms with van der Waals surface area (Å²) in [6, 6.07) is 11.0. The van der Waals surface area contributed by atoms with Crippen molar-refractivity contribution in [2.45, 2.75) is 33.1 Å². The summed E-state index contributed by atoms with van der Waals surface area (Å²) in [6.07, 6.45) is 5.35. The molecule has 1 aromatic carbocycles. The third-order valence-corrected chi connectivity index (χ3v) is 3.73. The first kappa shape index (κ1) is 15.8. The van der Waals surface area contributed by atoms with Crippen LogP contribution >= 0.6 is 0 Å². The molecule has 1 aromatic heterocycles. The van der Waals surface area contributed by atoms with Crippen molar-refractivity contribution in [1.29, 1.82) is 0 Å². The van der Waals surface area contributed by atoms with E-state index < -0.39 is 0 Å². The Bertz CT molecular complexity index is 545. The topological polar surface area (TPSA) is 29.9 Å². The van der Waals surface area contributed by atoms with Gasteiger partial charge in [0.1, 0.15) is 0 Å². The van der Waals surface area contributed by atoms with Gasteiger partial charge in [0.2, 0.25) is 0 Å². The maximum atomic E-state index is 4.53. The van der Waals surface area contributed by atoms with Gasteiger partial charge in [0.15, 0.2) is 0 Å². The first-order chi connectivity index (χ1) is 10.2. The van der Waals surface area contributed by atoms with E-state index in [0.29, 0.717) is 5.92 Å². The van der Waals surface area contributed by atoms with Gasteiger partial charge in [-0.15, -0.1) is 0 Å². The zero-order valence-electron chi connectivity index (χ0n) is 13.5. The summed E-state index contributed by atoms with van der Waals surface area (Å²) >= 11 is 0. The van der Waals surface area contributed by atoms with E-state index >= 15 is 0 Å². The second-order valence-corrected chi connectivity index (χ2v) is 5.95. The fourth-order valence-corrected chi connectivity index (χ4v) is 2.74. The van der Waals surface area contributed by atoms with Gasteiger partial charge >= 0.3 is 0 Å². The van der Waals surface area contributed by atoms with E-state index in [-0.39, 0.29) is 0 Å². The van der Waals surface area contributed by atoms with Crippen molar-refractivity contribution in [3.8, 4) is 0 Å². The van der Waals surface area contributed by atoms with Gasteiger partial charge in [-0.1, -0.05) is 36.8 Å². The molecule has 0 saturated carbocycles. The Kier molecular flexibility index (Phi) is 6.00. The first-order valence-electron chi connectivity index (χ1n) is 7.92. The second kappa shape index (κ2) is 7.99. The van der Waals surface area contributed by atoms with Gasteiger partial charge < -0.3 is 5.32 Å². The molecule has 1 unspecified atom stereocenters. The van der Waals surface area contributed by atoms with Gasteiger partial charge in [-0.2, -0.15) is 5.10 Å². The van der Waals surface area contributed by atoms with Crippen molar-refractivity contribution >= 4 is 0 Å². The number of aryl methyl sites for hydroxylation is 2. The van der Waals surface area contributed by atoms with Crippen LogP contribution in [0.4, 0.5) is 0 Å². The lowest BCUT2D eigenvalue weighted by Crippen LogP contribution is -2.26. The highest BCUT2D eigenvalue weighted by atomic mass is 15.2. The summed E-state index contributed by atoms with van der Waals surface area (Å²) in [6.45, 7) is 6.51. The van der Waals surface area contributed by atoms with Gasteiger partial charge in [-0.05, 0) is 56.8 Å². The molecule has 0 radical (unpaired) electrons. The summed E-state index contributed by atoms with van der Waals surface area (Å²) in [5.41, 5.74) is 3.95. The molecule has 3 heteroatoms. The number of rotatable bonds is 8. The number of hydrogen-bond donors (Lipinski definition) is 1. The lowest BCUT2D eigenvalue weighted by atomic mass is 9.94. The quantitative estimate of drug-likeness (QED) is 0.755. The maximum Gasteiger partial charge on any atom is 0.0627 e. The average molecular weight is 285 g/mol. The number of hydrogen-bond acceptors (Lipinski definition) is 2. The van der Waals surface area contributed by atoms with Gasteiger partial charge in [-0.25, -0.2) is 0 Å². The number of nitrogens with one attached hydrogen (secondary N) is 1. The third-order valence-electron chi connectivity index (χ3n) is 3.73. The molecule has 2 rings (SSSR count). The Hall–Kier alpha value is -1.61. The third kappa shape index (κ3) is 5.35. The highest BCUT2D eigenvalue weighted by Crippen LogP contribution is 2.14. The lowest BCUT2D eigenvalue weighted by Gasteiger charge is -2.17. The zero-order valence-corrected chi connectivity index (χ0v) is 13.5. The van der Waals surface area contributed by atoms with E-state index in [1.54, 1.807) is 0 Å². The summed E-state index contributed by atoms with van der Waals surface area (Å²) in [4.78, 5) is 0. The molecule has 0 fully saturated rings. The van der Waals surface area contributed by atoms with Crippen LogP contribution in [0.5, 0.6) is 0 Å². The molecule has 2 aromatic rings. The van der Waals surface area contributed by atoms with E-state index in [1.807, 2.05) is 17.9 Å². The van der Waals surface area contributed by atoms with Gasteiger partial charge in [0.25, 0.3) is 0 Å². The Balaban J connectivity index is 2.00. The molecule has 1 atom stereocenters. The minimum Gasteiger partial charge on any atom is -0.316 e. The molecule has 0 aliphatic carbocycles. The van der Waals surface area contributed by atoms with E-state index in [4.69, 9.17) is 0 Å². The standard InChI is InChI=1S/C18H27N3/c1-4-9-19-14-17(13-18-8-10-21(3)20-18)12-16-7-5-6-15(2)11-16/h5-8,10-11,17,19H,4,9,12-14H2,1-3H3. The van der Waals surface area contributed by atoms with Crippen LogP contribution in [0.2, 0.25) is 0 Å². The summed E-state index contributed by atoms with van der Waals surface area (Å²) in [5, 5.41) is 8.09. The van der Waals surface area contributed by atoms with Gasteiger partial charge in [0, 0.05) is 13.2 Å². The predicted octanol–water partition coefficient (Wildman–Crippen LogP) is 3.13. The van der Waals surface area contributed by atoms with E-state index in [9.17, 15) is 0 Å². The number of benzene rings is 1. The molecule has 114 valence electrons. The van der Waals surface area contributed by atoms with Crippen molar-refractivity contribution in [3.05, 3.63) is 53.3 Å². The fourth-order valence-electron chi connectivity index (χ4n) is 2.74. The molecule has 1 N–H and O–H groups in total. The Labute approximate surface area is 128 Å². The van der Waals surface area contributed by atoms with E-state index in [1.165, 1.54) is 23.2 Å². The van der Waals surface area contributed by atoms with Gasteiger partial charge in [0.05, 0.1) is 5.69 Å². The van der Waals surface area contributed by atoms with Crippen molar-refractivity contribution in [3.63, 3.8) is 0 Å². The fraction of sp³-hybridized carbons (Fsp3) is 0.500. The van der Waals surface area contributed by atoms with E-state index in [0.717, 1.165) is 25.9 Å². The molecule has 21 heavy (non-hydrogen) atoms. The largest absolute Gasteiger partial charge is 0.316 e. The Morgan fingerprint density at radius 1 is 1.24 bits per heavy atom. The van der Waals surface area contributed by atoms with Crippen LogP contribution in [-0.2, 0) is 19.9 Å². The summed E-state index contributed by atoms with van der Waals surface area (Å²) in [7, 11) is 1.98. The Morgan fingerprint density at radius 2 is 2.10 bits per heavy atom. The Morgan fingerprint density at radius 3 is 2.76 bits per heavy atom. The SMILES string of the molecule is CCCNCC(Cc1cccc(C)c1)Cc1ccn(C)n1. The molecule has 1 heterocycles. The molecule has 0 amide bonds. The number of aromatic nitrogens is 2. The zero-order chi connectivity index (χ0) is 15.1.